The number of fused-ring (bicyclic) bond motifs is 1. The molecular formula is C19H22ClF3N6O. The molecule has 0 aliphatic rings. The van der Waals surface area contributed by atoms with Gasteiger partial charge in [0.15, 0.2) is 5.69 Å². The third kappa shape index (κ3) is 4.29. The molecule has 0 atom stereocenters. The van der Waals surface area contributed by atoms with Gasteiger partial charge in [-0.2, -0.15) is 18.3 Å². The Bertz CT molecular complexity index is 1050. The number of alkyl halides is 3. The molecule has 1 aromatic carbocycles. The van der Waals surface area contributed by atoms with Gasteiger partial charge < -0.3 is 9.47 Å². The highest BCUT2D eigenvalue weighted by atomic mass is 35.5. The van der Waals surface area contributed by atoms with Crippen LogP contribution >= 0.6 is 11.6 Å². The summed E-state index contributed by atoms with van der Waals surface area (Å²) in [4.78, 5) is 19.4. The Morgan fingerprint density at radius 2 is 1.90 bits per heavy atom. The van der Waals surface area contributed by atoms with E-state index in [4.69, 9.17) is 11.6 Å². The van der Waals surface area contributed by atoms with E-state index in [0.29, 0.717) is 12.1 Å². The number of halogens is 4. The molecule has 7 nitrogen and oxygen atoms in total. The largest absolute Gasteiger partial charge is 0.436 e. The number of amides is 1. The molecule has 3 rings (SSSR count). The molecule has 0 radical (unpaired) electrons. The fraction of sp³-hybridized carbons (Fsp3) is 0.421. The normalized spacial score (nSPS) is 12.1. The van der Waals surface area contributed by atoms with Gasteiger partial charge in [-0.15, -0.1) is 0 Å². The molecule has 162 valence electrons. The lowest BCUT2D eigenvalue weighted by molar-refractivity contribution is -0.141. The number of benzene rings is 1. The number of nitrogens with one attached hydrogen (secondary N) is 1. The lowest BCUT2D eigenvalue weighted by atomic mass is 10.3. The van der Waals surface area contributed by atoms with E-state index >= 15 is 0 Å². The predicted molar refractivity (Wildman–Crippen MR) is 109 cm³/mol. The first-order valence-electron chi connectivity index (χ1n) is 9.46. The summed E-state index contributed by atoms with van der Waals surface area (Å²) >= 11 is 5.84. The molecule has 1 N–H and O–H groups in total. The number of para-hydroxylation sites is 2. The quantitative estimate of drug-likeness (QED) is 0.599. The zero-order valence-corrected chi connectivity index (χ0v) is 17.5. The minimum Gasteiger partial charge on any atom is -0.309 e. The van der Waals surface area contributed by atoms with Crippen molar-refractivity contribution in [1.82, 2.24) is 24.2 Å². The Kier molecular flexibility index (Phi) is 6.37. The van der Waals surface area contributed by atoms with Crippen LogP contribution in [0.5, 0.6) is 0 Å². The van der Waals surface area contributed by atoms with Gasteiger partial charge >= 0.3 is 6.18 Å². The Hall–Kier alpha value is -2.59. The van der Waals surface area contributed by atoms with E-state index in [2.05, 4.69) is 34.1 Å². The van der Waals surface area contributed by atoms with Crippen LogP contribution in [0.2, 0.25) is 5.02 Å². The van der Waals surface area contributed by atoms with Crippen molar-refractivity contribution < 1.29 is 18.0 Å². The third-order valence-electron chi connectivity index (χ3n) is 4.89. The number of anilines is 1. The maximum absolute atomic E-state index is 13.1. The first-order chi connectivity index (χ1) is 14.2. The van der Waals surface area contributed by atoms with Crippen molar-refractivity contribution in [3.05, 3.63) is 40.7 Å². The van der Waals surface area contributed by atoms with Crippen LogP contribution in [0.3, 0.4) is 0 Å². The van der Waals surface area contributed by atoms with Gasteiger partial charge in [-0.3, -0.25) is 14.8 Å². The standard InChI is InChI=1S/C19H22ClF3N6O/c1-4-28(5-2)10-11-29-13-9-7-6-8-12(13)24-18(29)25-17(30)15-14(20)16(19(21,22)23)26-27(15)3/h6-9H,4-5,10-11H2,1-3H3,(H,24,25,30). The Morgan fingerprint density at radius 1 is 1.23 bits per heavy atom. The van der Waals surface area contributed by atoms with Crippen LogP contribution < -0.4 is 5.32 Å². The molecule has 0 unspecified atom stereocenters. The fourth-order valence-corrected chi connectivity index (χ4v) is 3.62. The van der Waals surface area contributed by atoms with Crippen molar-refractivity contribution in [2.45, 2.75) is 26.6 Å². The van der Waals surface area contributed by atoms with Crippen molar-refractivity contribution in [3.63, 3.8) is 0 Å². The molecule has 0 spiro atoms. The zero-order chi connectivity index (χ0) is 22.1. The SMILES string of the molecule is CCN(CC)CCn1c(NC(=O)c2c(Cl)c(C(F)(F)F)nn2C)nc2ccccc21. The summed E-state index contributed by atoms with van der Waals surface area (Å²) in [6.07, 6.45) is -4.76. The monoisotopic (exact) mass is 442 g/mol. The molecule has 1 amide bonds. The minimum atomic E-state index is -4.76. The molecule has 0 saturated carbocycles. The van der Waals surface area contributed by atoms with Gasteiger partial charge in [0.05, 0.1) is 11.0 Å². The molecule has 2 heterocycles. The number of nitrogens with zero attached hydrogens (tertiary/aromatic N) is 5. The van der Waals surface area contributed by atoms with Gasteiger partial charge in [-0.25, -0.2) is 4.98 Å². The summed E-state index contributed by atoms with van der Waals surface area (Å²) in [6.45, 7) is 7.12. The number of hydrogen-bond donors (Lipinski definition) is 1. The number of aromatic nitrogens is 4. The first-order valence-corrected chi connectivity index (χ1v) is 9.83. The maximum Gasteiger partial charge on any atom is 0.436 e. The highest BCUT2D eigenvalue weighted by molar-refractivity contribution is 6.34. The molecule has 0 fully saturated rings. The molecule has 3 aromatic rings. The number of likely N-dealkylation sites (N-methyl/N-ethyl adjacent to an activating group) is 1. The number of hydrogen-bond acceptors (Lipinski definition) is 4. The van der Waals surface area contributed by atoms with E-state index in [1.54, 1.807) is 6.07 Å². The number of carbonyl (C=O) groups is 1. The van der Waals surface area contributed by atoms with Crippen LogP contribution in [0.25, 0.3) is 11.0 Å². The van der Waals surface area contributed by atoms with Crippen LogP contribution in [0.4, 0.5) is 19.1 Å². The van der Waals surface area contributed by atoms with Crippen molar-refractivity contribution in [1.29, 1.82) is 0 Å². The van der Waals surface area contributed by atoms with Gasteiger partial charge in [0.1, 0.15) is 10.7 Å². The molecule has 0 aliphatic heterocycles. The number of imidazole rings is 1. The average Bonchev–Trinajstić information content (AvgIpc) is 3.19. The van der Waals surface area contributed by atoms with Crippen LogP contribution in [-0.4, -0.2) is 49.8 Å². The Morgan fingerprint density at radius 3 is 2.50 bits per heavy atom. The molecule has 0 aliphatic carbocycles. The smallest absolute Gasteiger partial charge is 0.309 e. The lowest BCUT2D eigenvalue weighted by Crippen LogP contribution is -2.28. The predicted octanol–water partition coefficient (Wildman–Crippen LogP) is 4.04. The van der Waals surface area contributed by atoms with Crippen LogP contribution in [0, 0.1) is 0 Å². The summed E-state index contributed by atoms with van der Waals surface area (Å²) in [5.74, 6) is -0.580. The molecule has 0 bridgehead atoms. The highest BCUT2D eigenvalue weighted by Gasteiger charge is 2.39. The van der Waals surface area contributed by atoms with Crippen LogP contribution in [0.1, 0.15) is 30.0 Å². The van der Waals surface area contributed by atoms with Gasteiger partial charge in [0.25, 0.3) is 5.91 Å². The average molecular weight is 443 g/mol. The molecule has 30 heavy (non-hydrogen) atoms. The van der Waals surface area contributed by atoms with E-state index in [1.165, 1.54) is 7.05 Å². The summed E-state index contributed by atoms with van der Waals surface area (Å²) in [6, 6.07) is 7.36. The number of carbonyl (C=O) groups excluding carboxylic acids is 1. The van der Waals surface area contributed by atoms with Crippen molar-refractivity contribution in [2.24, 2.45) is 7.05 Å². The Balaban J connectivity index is 1.95. The molecular weight excluding hydrogens is 421 g/mol. The van der Waals surface area contributed by atoms with E-state index in [-0.39, 0.29) is 11.6 Å². The van der Waals surface area contributed by atoms with Crippen molar-refractivity contribution in [3.8, 4) is 0 Å². The summed E-state index contributed by atoms with van der Waals surface area (Å²) in [5, 5.41) is 5.22. The highest BCUT2D eigenvalue weighted by Crippen LogP contribution is 2.35. The maximum atomic E-state index is 13.1. The van der Waals surface area contributed by atoms with E-state index in [0.717, 1.165) is 29.8 Å². The van der Waals surface area contributed by atoms with E-state index < -0.39 is 22.8 Å². The van der Waals surface area contributed by atoms with Gasteiger partial charge in [-0.05, 0) is 25.2 Å². The summed E-state index contributed by atoms with van der Waals surface area (Å²) < 4.78 is 41.9. The summed E-state index contributed by atoms with van der Waals surface area (Å²) in [7, 11) is 1.24. The minimum absolute atomic E-state index is 0.235. The van der Waals surface area contributed by atoms with Crippen molar-refractivity contribution in [2.75, 3.05) is 25.0 Å². The van der Waals surface area contributed by atoms with E-state index in [1.807, 2.05) is 22.8 Å². The van der Waals surface area contributed by atoms with Gasteiger partial charge in [0, 0.05) is 20.1 Å². The lowest BCUT2D eigenvalue weighted by Gasteiger charge is -2.19. The summed E-state index contributed by atoms with van der Waals surface area (Å²) in [5.41, 5.74) is -0.204. The first kappa shape index (κ1) is 22.1. The topological polar surface area (TPSA) is 68.0 Å². The van der Waals surface area contributed by atoms with Crippen LogP contribution in [-0.2, 0) is 19.8 Å². The second-order valence-electron chi connectivity index (χ2n) is 6.69. The second-order valence-corrected chi connectivity index (χ2v) is 7.07. The number of aryl methyl sites for hydroxylation is 1. The Labute approximate surface area is 176 Å². The van der Waals surface area contributed by atoms with Gasteiger partial charge in [0.2, 0.25) is 5.95 Å². The zero-order valence-electron chi connectivity index (χ0n) is 16.8. The van der Waals surface area contributed by atoms with E-state index in [9.17, 15) is 18.0 Å². The second kappa shape index (κ2) is 8.65. The van der Waals surface area contributed by atoms with Crippen LogP contribution in [0.15, 0.2) is 24.3 Å². The molecule has 2 aromatic heterocycles. The molecule has 0 saturated heterocycles. The molecule has 11 heteroatoms. The number of rotatable bonds is 7. The third-order valence-corrected chi connectivity index (χ3v) is 5.25. The van der Waals surface area contributed by atoms with Crippen molar-refractivity contribution >= 4 is 34.5 Å². The fourth-order valence-electron chi connectivity index (χ4n) is 3.27. The van der Waals surface area contributed by atoms with Gasteiger partial charge in [-0.1, -0.05) is 37.6 Å².